The summed E-state index contributed by atoms with van der Waals surface area (Å²) < 4.78 is 0. The first-order valence-corrected chi connectivity index (χ1v) is 7.13. The molecule has 1 heterocycles. The summed E-state index contributed by atoms with van der Waals surface area (Å²) in [6, 6.07) is 3.57. The van der Waals surface area contributed by atoms with E-state index in [9.17, 15) is 4.79 Å². The zero-order chi connectivity index (χ0) is 14.4. The number of nitrogens with zero attached hydrogens (tertiary/aromatic N) is 1. The van der Waals surface area contributed by atoms with Gasteiger partial charge in [-0.2, -0.15) is 0 Å². The maximum atomic E-state index is 12.2. The largest absolute Gasteiger partial charge is 0.350 e. The van der Waals surface area contributed by atoms with Crippen LogP contribution in [-0.2, 0) is 0 Å². The van der Waals surface area contributed by atoms with Gasteiger partial charge in [0.1, 0.15) is 5.69 Å². The zero-order valence-corrected chi connectivity index (χ0v) is 11.9. The van der Waals surface area contributed by atoms with Crippen LogP contribution in [0.5, 0.6) is 0 Å². The molecule has 1 aromatic heterocycles. The van der Waals surface area contributed by atoms with Crippen LogP contribution in [0.15, 0.2) is 18.3 Å². The van der Waals surface area contributed by atoms with Crippen LogP contribution in [0.1, 0.15) is 48.7 Å². The molecule has 1 aliphatic carbocycles. The fourth-order valence-electron chi connectivity index (χ4n) is 2.41. The molecule has 0 aliphatic heterocycles. The van der Waals surface area contributed by atoms with E-state index < -0.39 is 0 Å². The molecule has 106 valence electrons. The minimum atomic E-state index is -0.144. The summed E-state index contributed by atoms with van der Waals surface area (Å²) in [5, 5.41) is 3.00. The van der Waals surface area contributed by atoms with E-state index in [2.05, 4.69) is 29.1 Å². The molecule has 0 unspecified atom stereocenters. The molecule has 2 rings (SSSR count). The van der Waals surface area contributed by atoms with Crippen molar-refractivity contribution in [1.29, 1.82) is 0 Å². The minimum absolute atomic E-state index is 0.144. The Morgan fingerprint density at radius 3 is 3.00 bits per heavy atom. The van der Waals surface area contributed by atoms with E-state index in [1.54, 1.807) is 18.3 Å². The molecule has 3 N–H and O–H groups in total. The number of hydrogen-bond donors (Lipinski definition) is 2. The molecule has 1 fully saturated rings. The molecule has 1 saturated carbocycles. The lowest BCUT2D eigenvalue weighted by atomic mass is 10.0. The van der Waals surface area contributed by atoms with Crippen LogP contribution >= 0.6 is 0 Å². The SMILES string of the molecule is CCCC1(CNC(=O)c2ncccc2C#CCN)CC1. The zero-order valence-electron chi connectivity index (χ0n) is 11.9. The Bertz CT molecular complexity index is 538. The van der Waals surface area contributed by atoms with E-state index in [0.717, 1.165) is 13.0 Å². The van der Waals surface area contributed by atoms with Gasteiger partial charge in [0.25, 0.3) is 5.91 Å². The number of rotatable bonds is 5. The first-order chi connectivity index (χ1) is 9.71. The van der Waals surface area contributed by atoms with E-state index >= 15 is 0 Å². The van der Waals surface area contributed by atoms with Crippen molar-refractivity contribution >= 4 is 5.91 Å². The molecule has 0 aromatic carbocycles. The van der Waals surface area contributed by atoms with E-state index in [1.165, 1.54) is 19.3 Å². The van der Waals surface area contributed by atoms with Gasteiger partial charge in [-0.05, 0) is 36.8 Å². The predicted molar refractivity (Wildman–Crippen MR) is 79.1 cm³/mol. The fourth-order valence-corrected chi connectivity index (χ4v) is 2.41. The third-order valence-corrected chi connectivity index (χ3v) is 3.71. The van der Waals surface area contributed by atoms with Crippen LogP contribution in [0.3, 0.4) is 0 Å². The van der Waals surface area contributed by atoms with Crippen molar-refractivity contribution in [3.8, 4) is 11.8 Å². The Kier molecular flexibility index (Phi) is 4.75. The molecule has 1 aliphatic rings. The summed E-state index contributed by atoms with van der Waals surface area (Å²) in [4.78, 5) is 16.4. The lowest BCUT2D eigenvalue weighted by Gasteiger charge is -2.14. The second-order valence-electron chi connectivity index (χ2n) is 5.34. The highest BCUT2D eigenvalue weighted by Crippen LogP contribution is 2.48. The molecule has 4 nitrogen and oxygen atoms in total. The van der Waals surface area contributed by atoms with Gasteiger partial charge in [-0.1, -0.05) is 25.2 Å². The molecule has 0 atom stereocenters. The van der Waals surface area contributed by atoms with E-state index in [0.29, 0.717) is 16.7 Å². The van der Waals surface area contributed by atoms with Crippen LogP contribution in [-0.4, -0.2) is 24.0 Å². The smallest absolute Gasteiger partial charge is 0.271 e. The molecule has 4 heteroatoms. The Balaban J connectivity index is 2.02. The lowest BCUT2D eigenvalue weighted by molar-refractivity contribution is 0.0938. The lowest BCUT2D eigenvalue weighted by Crippen LogP contribution is -2.31. The van der Waals surface area contributed by atoms with Gasteiger partial charge in [0.05, 0.1) is 12.1 Å². The number of amides is 1. The third kappa shape index (κ3) is 3.58. The van der Waals surface area contributed by atoms with Gasteiger partial charge in [-0.3, -0.25) is 4.79 Å². The van der Waals surface area contributed by atoms with Crippen molar-refractivity contribution in [2.75, 3.05) is 13.1 Å². The second kappa shape index (κ2) is 6.53. The average molecular weight is 271 g/mol. The Morgan fingerprint density at radius 2 is 2.35 bits per heavy atom. The Hall–Kier alpha value is -1.86. The number of carbonyl (C=O) groups excluding carboxylic acids is 1. The number of carbonyl (C=O) groups is 1. The standard InChI is InChI=1S/C16H21N3O/c1-2-7-16(8-9-16)12-19-15(20)14-13(5-3-10-17)6-4-11-18-14/h4,6,11H,2,7-10,12,17H2,1H3,(H,19,20). The van der Waals surface area contributed by atoms with Crippen molar-refractivity contribution < 1.29 is 4.79 Å². The van der Waals surface area contributed by atoms with Crippen LogP contribution < -0.4 is 11.1 Å². The fraction of sp³-hybridized carbons (Fsp3) is 0.500. The summed E-state index contributed by atoms with van der Waals surface area (Å²) in [5.74, 6) is 5.51. The number of nitrogens with one attached hydrogen (secondary N) is 1. The summed E-state index contributed by atoms with van der Waals surface area (Å²) in [6.45, 7) is 3.19. The minimum Gasteiger partial charge on any atom is -0.350 e. The highest BCUT2D eigenvalue weighted by atomic mass is 16.1. The van der Waals surface area contributed by atoms with Gasteiger partial charge in [0.15, 0.2) is 0 Å². The Labute approximate surface area is 120 Å². The molecule has 0 saturated heterocycles. The van der Waals surface area contributed by atoms with Crippen LogP contribution in [0.2, 0.25) is 0 Å². The topological polar surface area (TPSA) is 68.0 Å². The van der Waals surface area contributed by atoms with Gasteiger partial charge in [-0.25, -0.2) is 4.98 Å². The molecule has 1 aromatic rings. The average Bonchev–Trinajstić information content (AvgIpc) is 3.23. The van der Waals surface area contributed by atoms with Crippen molar-refractivity contribution in [3.63, 3.8) is 0 Å². The normalized spacial score (nSPS) is 15.1. The predicted octanol–water partition coefficient (Wildman–Crippen LogP) is 1.70. The number of pyridine rings is 1. The van der Waals surface area contributed by atoms with E-state index in [-0.39, 0.29) is 12.5 Å². The third-order valence-electron chi connectivity index (χ3n) is 3.71. The molecule has 0 spiro atoms. The van der Waals surface area contributed by atoms with Crippen LogP contribution in [0.25, 0.3) is 0 Å². The molecule has 0 bridgehead atoms. The van der Waals surface area contributed by atoms with Gasteiger partial charge >= 0.3 is 0 Å². The summed E-state index contributed by atoms with van der Waals surface area (Å²) in [6.07, 6.45) is 6.37. The van der Waals surface area contributed by atoms with Gasteiger partial charge in [-0.15, -0.1) is 0 Å². The van der Waals surface area contributed by atoms with Crippen LogP contribution in [0.4, 0.5) is 0 Å². The van der Waals surface area contributed by atoms with E-state index in [1.807, 2.05) is 0 Å². The first kappa shape index (κ1) is 14.5. The second-order valence-corrected chi connectivity index (χ2v) is 5.34. The molecule has 0 radical (unpaired) electrons. The van der Waals surface area contributed by atoms with Gasteiger partial charge in [0.2, 0.25) is 0 Å². The number of nitrogens with two attached hydrogens (primary N) is 1. The molecular formula is C16H21N3O. The molecule has 1 amide bonds. The van der Waals surface area contributed by atoms with Gasteiger partial charge in [0, 0.05) is 12.7 Å². The maximum absolute atomic E-state index is 12.2. The molecule has 20 heavy (non-hydrogen) atoms. The summed E-state index contributed by atoms with van der Waals surface area (Å²) in [7, 11) is 0. The van der Waals surface area contributed by atoms with Crippen LogP contribution in [0, 0.1) is 17.3 Å². The number of aromatic nitrogens is 1. The van der Waals surface area contributed by atoms with Crippen molar-refractivity contribution in [2.45, 2.75) is 32.6 Å². The maximum Gasteiger partial charge on any atom is 0.271 e. The summed E-state index contributed by atoms with van der Waals surface area (Å²) >= 11 is 0. The highest BCUT2D eigenvalue weighted by Gasteiger charge is 2.41. The quantitative estimate of drug-likeness (QED) is 0.801. The van der Waals surface area contributed by atoms with Crippen molar-refractivity contribution in [1.82, 2.24) is 10.3 Å². The first-order valence-electron chi connectivity index (χ1n) is 7.13. The number of hydrogen-bond acceptors (Lipinski definition) is 3. The van der Waals surface area contributed by atoms with Gasteiger partial charge < -0.3 is 11.1 Å². The Morgan fingerprint density at radius 1 is 1.55 bits per heavy atom. The highest BCUT2D eigenvalue weighted by molar-refractivity contribution is 5.94. The van der Waals surface area contributed by atoms with E-state index in [4.69, 9.17) is 5.73 Å². The monoisotopic (exact) mass is 271 g/mol. The molecular weight excluding hydrogens is 250 g/mol. The van der Waals surface area contributed by atoms with Crippen molar-refractivity contribution in [2.24, 2.45) is 11.1 Å². The van der Waals surface area contributed by atoms with Crippen molar-refractivity contribution in [3.05, 3.63) is 29.6 Å². The summed E-state index contributed by atoms with van der Waals surface area (Å²) in [5.41, 5.74) is 6.73.